The van der Waals surface area contributed by atoms with Crippen LogP contribution in [0, 0.1) is 0 Å². The third-order valence-electron chi connectivity index (χ3n) is 4.52. The van der Waals surface area contributed by atoms with Gasteiger partial charge in [0, 0.05) is 23.2 Å². The van der Waals surface area contributed by atoms with Crippen LogP contribution in [-0.4, -0.2) is 23.8 Å². The lowest BCUT2D eigenvalue weighted by Crippen LogP contribution is -2.40. The molecule has 0 saturated carbocycles. The number of Topliss-reactive ketones (excluding diaryl/α,β-unsaturated/α-hetero) is 1. The Morgan fingerprint density at radius 2 is 1.88 bits per heavy atom. The first-order valence-electron chi connectivity index (χ1n) is 7.79. The second kappa shape index (κ2) is 6.04. The van der Waals surface area contributed by atoms with Crippen molar-refractivity contribution >= 4 is 29.0 Å². The number of benzene rings is 2. The molecule has 1 aliphatic rings. The molecule has 1 atom stereocenters. The summed E-state index contributed by atoms with van der Waals surface area (Å²) in [5.41, 5.74) is 0.669. The highest BCUT2D eigenvalue weighted by atomic mass is 35.5. The fourth-order valence-corrected chi connectivity index (χ4v) is 3.24. The highest BCUT2D eigenvalue weighted by Crippen LogP contribution is 2.43. The molecule has 0 fully saturated rings. The minimum Gasteiger partial charge on any atom is -0.375 e. The third-order valence-corrected chi connectivity index (χ3v) is 4.76. The van der Waals surface area contributed by atoms with Crippen LogP contribution >= 0.6 is 11.6 Å². The standard InChI is InChI=1S/C19H18ClNO3/c1-3-12-4-6-13(7-5-12)17(22)11-19(24)15-10-14(20)8-9-16(15)21(2)18(19)23/h4-10,24H,3,11H2,1-2H3. The lowest BCUT2D eigenvalue weighted by Gasteiger charge is -2.21. The number of ketones is 1. The molecule has 124 valence electrons. The van der Waals surface area contributed by atoms with E-state index in [9.17, 15) is 14.7 Å². The topological polar surface area (TPSA) is 57.6 Å². The zero-order valence-electron chi connectivity index (χ0n) is 13.5. The van der Waals surface area contributed by atoms with Crippen LogP contribution in [0.3, 0.4) is 0 Å². The third kappa shape index (κ3) is 2.62. The van der Waals surface area contributed by atoms with Gasteiger partial charge in [0.25, 0.3) is 5.91 Å². The molecule has 0 aromatic heterocycles. The number of hydrogen-bond acceptors (Lipinski definition) is 3. The van der Waals surface area contributed by atoms with Gasteiger partial charge in [-0.05, 0) is 30.2 Å². The summed E-state index contributed by atoms with van der Waals surface area (Å²) in [5.74, 6) is -0.798. The molecular weight excluding hydrogens is 326 g/mol. The van der Waals surface area contributed by atoms with E-state index in [0.717, 1.165) is 12.0 Å². The van der Waals surface area contributed by atoms with E-state index in [1.54, 1.807) is 37.4 Å². The summed E-state index contributed by atoms with van der Waals surface area (Å²) in [6, 6.07) is 12.1. The Labute approximate surface area is 145 Å². The second-order valence-electron chi connectivity index (χ2n) is 6.04. The lowest BCUT2D eigenvalue weighted by atomic mass is 9.88. The second-order valence-corrected chi connectivity index (χ2v) is 6.47. The number of hydrogen-bond donors (Lipinski definition) is 1. The molecule has 1 aliphatic heterocycles. The minimum atomic E-state index is -1.88. The molecule has 2 aromatic rings. The number of carbonyl (C=O) groups is 2. The first-order valence-corrected chi connectivity index (χ1v) is 8.17. The molecule has 4 nitrogen and oxygen atoms in total. The van der Waals surface area contributed by atoms with E-state index in [0.29, 0.717) is 21.8 Å². The van der Waals surface area contributed by atoms with Crippen molar-refractivity contribution in [3.8, 4) is 0 Å². The first kappa shape index (κ1) is 16.7. The fourth-order valence-electron chi connectivity index (χ4n) is 3.07. The van der Waals surface area contributed by atoms with Crippen molar-refractivity contribution in [2.45, 2.75) is 25.4 Å². The average Bonchev–Trinajstić information content (AvgIpc) is 2.76. The highest BCUT2D eigenvalue weighted by molar-refractivity contribution is 6.31. The fraction of sp³-hybridized carbons (Fsp3) is 0.263. The molecule has 1 N–H and O–H groups in total. The maximum atomic E-state index is 12.6. The normalized spacial score (nSPS) is 19.5. The number of halogens is 1. The van der Waals surface area contributed by atoms with E-state index in [1.807, 2.05) is 19.1 Å². The predicted octanol–water partition coefficient (Wildman–Crippen LogP) is 3.34. The Balaban J connectivity index is 1.95. The molecule has 1 amide bonds. The van der Waals surface area contributed by atoms with Gasteiger partial charge in [-0.3, -0.25) is 9.59 Å². The number of aryl methyl sites for hydroxylation is 1. The van der Waals surface area contributed by atoms with Gasteiger partial charge < -0.3 is 10.0 Å². The van der Waals surface area contributed by atoms with Crippen LogP contribution in [0.1, 0.15) is 34.8 Å². The number of aliphatic hydroxyl groups is 1. The quantitative estimate of drug-likeness (QED) is 0.866. The molecule has 1 unspecified atom stereocenters. The molecular formula is C19H18ClNO3. The summed E-state index contributed by atoms with van der Waals surface area (Å²) in [6.07, 6.45) is 0.572. The van der Waals surface area contributed by atoms with Gasteiger partial charge in [-0.25, -0.2) is 0 Å². The van der Waals surface area contributed by atoms with E-state index in [1.165, 1.54) is 4.90 Å². The molecule has 0 spiro atoms. The van der Waals surface area contributed by atoms with Gasteiger partial charge in [-0.1, -0.05) is 42.8 Å². The van der Waals surface area contributed by atoms with Crippen molar-refractivity contribution in [2.75, 3.05) is 11.9 Å². The van der Waals surface area contributed by atoms with E-state index in [2.05, 4.69) is 0 Å². The average molecular weight is 344 g/mol. The van der Waals surface area contributed by atoms with Crippen molar-refractivity contribution < 1.29 is 14.7 Å². The number of amides is 1. The zero-order valence-corrected chi connectivity index (χ0v) is 14.3. The predicted molar refractivity (Wildman–Crippen MR) is 93.5 cm³/mol. The summed E-state index contributed by atoms with van der Waals surface area (Å²) in [5, 5.41) is 11.4. The van der Waals surface area contributed by atoms with Crippen LogP contribution in [0.15, 0.2) is 42.5 Å². The SMILES string of the molecule is CCc1ccc(C(=O)CC2(O)C(=O)N(C)c3ccc(Cl)cc32)cc1. The number of anilines is 1. The van der Waals surface area contributed by atoms with Crippen molar-refractivity contribution in [2.24, 2.45) is 0 Å². The number of likely N-dealkylation sites (N-methyl/N-ethyl adjacent to an activating group) is 1. The van der Waals surface area contributed by atoms with Gasteiger partial charge in [0.05, 0.1) is 12.1 Å². The lowest BCUT2D eigenvalue weighted by molar-refractivity contribution is -0.135. The summed E-state index contributed by atoms with van der Waals surface area (Å²) < 4.78 is 0. The Morgan fingerprint density at radius 1 is 1.21 bits per heavy atom. The van der Waals surface area contributed by atoms with Crippen molar-refractivity contribution in [3.05, 3.63) is 64.2 Å². The maximum absolute atomic E-state index is 12.6. The van der Waals surface area contributed by atoms with Gasteiger partial charge in [0.15, 0.2) is 11.4 Å². The Hall–Kier alpha value is -2.17. The van der Waals surface area contributed by atoms with Crippen LogP contribution in [0.4, 0.5) is 5.69 Å². The van der Waals surface area contributed by atoms with Crippen LogP contribution in [-0.2, 0) is 16.8 Å². The van der Waals surface area contributed by atoms with Crippen LogP contribution in [0.25, 0.3) is 0 Å². The van der Waals surface area contributed by atoms with Gasteiger partial charge in [-0.15, -0.1) is 0 Å². The van der Waals surface area contributed by atoms with Gasteiger partial charge in [0.1, 0.15) is 0 Å². The number of rotatable bonds is 4. The molecule has 5 heteroatoms. The molecule has 0 saturated heterocycles. The Bertz CT molecular complexity index is 816. The van der Waals surface area contributed by atoms with Crippen LogP contribution in [0.5, 0.6) is 0 Å². The van der Waals surface area contributed by atoms with Crippen LogP contribution < -0.4 is 4.90 Å². The largest absolute Gasteiger partial charge is 0.375 e. The molecule has 2 aromatic carbocycles. The summed E-state index contributed by atoms with van der Waals surface area (Å²) in [6.45, 7) is 2.03. The summed E-state index contributed by atoms with van der Waals surface area (Å²) in [7, 11) is 1.58. The molecule has 0 radical (unpaired) electrons. The Kier molecular flexibility index (Phi) is 4.20. The van der Waals surface area contributed by atoms with Crippen molar-refractivity contribution in [1.82, 2.24) is 0 Å². The van der Waals surface area contributed by atoms with E-state index < -0.39 is 11.5 Å². The summed E-state index contributed by atoms with van der Waals surface area (Å²) in [4.78, 5) is 26.5. The molecule has 1 heterocycles. The molecule has 3 rings (SSSR count). The molecule has 0 bridgehead atoms. The maximum Gasteiger partial charge on any atom is 0.263 e. The van der Waals surface area contributed by atoms with Gasteiger partial charge >= 0.3 is 0 Å². The van der Waals surface area contributed by atoms with Crippen molar-refractivity contribution in [1.29, 1.82) is 0 Å². The van der Waals surface area contributed by atoms with Crippen LogP contribution in [0.2, 0.25) is 5.02 Å². The smallest absolute Gasteiger partial charge is 0.263 e. The molecule has 24 heavy (non-hydrogen) atoms. The monoisotopic (exact) mass is 343 g/mol. The van der Waals surface area contributed by atoms with Gasteiger partial charge in [-0.2, -0.15) is 0 Å². The summed E-state index contributed by atoms with van der Waals surface area (Å²) >= 11 is 6.01. The first-order chi connectivity index (χ1) is 11.4. The molecule has 0 aliphatic carbocycles. The van der Waals surface area contributed by atoms with E-state index in [-0.39, 0.29) is 12.2 Å². The number of nitrogens with zero attached hydrogens (tertiary/aromatic N) is 1. The van der Waals surface area contributed by atoms with Gasteiger partial charge in [0.2, 0.25) is 0 Å². The number of fused-ring (bicyclic) bond motifs is 1. The Morgan fingerprint density at radius 3 is 2.50 bits per heavy atom. The number of carbonyl (C=O) groups excluding carboxylic acids is 2. The van der Waals surface area contributed by atoms with Crippen molar-refractivity contribution in [3.63, 3.8) is 0 Å². The van der Waals surface area contributed by atoms with E-state index in [4.69, 9.17) is 11.6 Å². The zero-order chi connectivity index (χ0) is 17.5. The highest BCUT2D eigenvalue weighted by Gasteiger charge is 2.49. The van der Waals surface area contributed by atoms with E-state index >= 15 is 0 Å². The minimum absolute atomic E-state index is 0.283.